The predicted octanol–water partition coefficient (Wildman–Crippen LogP) is 1.78. The molecule has 0 aromatic heterocycles. The van der Waals surface area contributed by atoms with Crippen LogP contribution >= 0.6 is 0 Å². The van der Waals surface area contributed by atoms with E-state index in [4.69, 9.17) is 4.74 Å². The zero-order chi connectivity index (χ0) is 19.8. The second kappa shape index (κ2) is 11.0. The van der Waals surface area contributed by atoms with E-state index in [-0.39, 0.29) is 17.9 Å². The molecule has 0 bridgehead atoms. The predicted molar refractivity (Wildman–Crippen MR) is 109 cm³/mol. The van der Waals surface area contributed by atoms with Crippen molar-refractivity contribution < 1.29 is 14.3 Å². The van der Waals surface area contributed by atoms with Crippen LogP contribution in [0.3, 0.4) is 0 Å². The molecule has 0 aromatic carbocycles. The summed E-state index contributed by atoms with van der Waals surface area (Å²) in [4.78, 5) is 31.3. The fourth-order valence-electron chi connectivity index (χ4n) is 4.42. The number of morpholine rings is 1. The van der Waals surface area contributed by atoms with E-state index in [1.54, 1.807) is 0 Å². The lowest BCUT2D eigenvalue weighted by Crippen LogP contribution is -2.49. The number of rotatable bonds is 6. The van der Waals surface area contributed by atoms with Gasteiger partial charge in [-0.2, -0.15) is 0 Å². The molecule has 3 rings (SSSR count). The number of urea groups is 1. The van der Waals surface area contributed by atoms with Crippen LogP contribution in [0.15, 0.2) is 0 Å². The van der Waals surface area contributed by atoms with Gasteiger partial charge in [-0.1, -0.05) is 6.92 Å². The number of unbranched alkanes of at least 4 members (excludes halogenated alkanes) is 1. The van der Waals surface area contributed by atoms with Gasteiger partial charge in [0.15, 0.2) is 0 Å². The molecule has 0 atom stereocenters. The number of nitrogens with one attached hydrogen (secondary N) is 1. The normalized spacial score (nSPS) is 23.0. The summed E-state index contributed by atoms with van der Waals surface area (Å²) in [6.45, 7) is 10.7. The standard InChI is InChI=1S/C21H38N4O3/c1-18-4-10-23(11-5-18)9-3-2-8-22-21(27)25-12-6-19(7-13-25)20(26)24-14-16-28-17-15-24/h18-19H,2-17H2,1H3,(H,22,27). The molecular weight excluding hydrogens is 356 g/mol. The number of carbonyl (C=O) groups is 2. The zero-order valence-electron chi connectivity index (χ0n) is 17.5. The van der Waals surface area contributed by atoms with Gasteiger partial charge in [0.1, 0.15) is 0 Å². The number of amides is 3. The van der Waals surface area contributed by atoms with Gasteiger partial charge in [0.05, 0.1) is 13.2 Å². The molecule has 3 saturated heterocycles. The Bertz CT molecular complexity index is 494. The number of hydrogen-bond acceptors (Lipinski definition) is 4. The summed E-state index contributed by atoms with van der Waals surface area (Å²) in [7, 11) is 0. The van der Waals surface area contributed by atoms with E-state index >= 15 is 0 Å². The van der Waals surface area contributed by atoms with Crippen LogP contribution in [0.1, 0.15) is 45.4 Å². The summed E-state index contributed by atoms with van der Waals surface area (Å²) < 4.78 is 5.32. The quantitative estimate of drug-likeness (QED) is 0.698. The Kier molecular flexibility index (Phi) is 8.40. The Labute approximate surface area is 169 Å². The fraction of sp³-hybridized carbons (Fsp3) is 0.905. The third-order valence-corrected chi connectivity index (χ3v) is 6.51. The lowest BCUT2D eigenvalue weighted by Gasteiger charge is -2.35. The lowest BCUT2D eigenvalue weighted by atomic mass is 9.95. The molecule has 3 aliphatic rings. The average molecular weight is 395 g/mol. The molecule has 3 fully saturated rings. The summed E-state index contributed by atoms with van der Waals surface area (Å²) in [6, 6.07) is 0.0315. The van der Waals surface area contributed by atoms with Crippen LogP contribution in [0, 0.1) is 11.8 Å². The molecule has 0 unspecified atom stereocenters. The maximum Gasteiger partial charge on any atom is 0.317 e. The van der Waals surface area contributed by atoms with Crippen molar-refractivity contribution in [2.24, 2.45) is 11.8 Å². The molecule has 3 aliphatic heterocycles. The van der Waals surface area contributed by atoms with Gasteiger partial charge in [-0.05, 0) is 64.1 Å². The molecule has 160 valence electrons. The van der Waals surface area contributed by atoms with Crippen molar-refractivity contribution in [1.29, 1.82) is 0 Å². The Morgan fingerprint density at radius 3 is 2.25 bits per heavy atom. The van der Waals surface area contributed by atoms with Crippen molar-refractivity contribution in [3.63, 3.8) is 0 Å². The first-order valence-electron chi connectivity index (χ1n) is 11.2. The Balaban J connectivity index is 1.25. The number of ether oxygens (including phenoxy) is 1. The number of carbonyl (C=O) groups excluding carboxylic acids is 2. The molecule has 0 radical (unpaired) electrons. The minimum absolute atomic E-state index is 0.0315. The molecule has 0 aliphatic carbocycles. The first-order chi connectivity index (χ1) is 13.6. The smallest absolute Gasteiger partial charge is 0.317 e. The molecule has 0 aromatic rings. The van der Waals surface area contributed by atoms with Crippen molar-refractivity contribution in [2.75, 3.05) is 65.6 Å². The van der Waals surface area contributed by atoms with Gasteiger partial charge in [0.2, 0.25) is 5.91 Å². The van der Waals surface area contributed by atoms with Crippen LogP contribution < -0.4 is 5.32 Å². The van der Waals surface area contributed by atoms with Crippen molar-refractivity contribution in [2.45, 2.75) is 45.4 Å². The molecule has 0 spiro atoms. The first kappa shape index (κ1) is 21.4. The van der Waals surface area contributed by atoms with Crippen molar-refractivity contribution in [3.8, 4) is 0 Å². The maximum atomic E-state index is 12.6. The lowest BCUT2D eigenvalue weighted by molar-refractivity contribution is -0.141. The van der Waals surface area contributed by atoms with Gasteiger partial charge in [-0.3, -0.25) is 4.79 Å². The van der Waals surface area contributed by atoms with Gasteiger partial charge >= 0.3 is 6.03 Å². The zero-order valence-corrected chi connectivity index (χ0v) is 17.5. The summed E-state index contributed by atoms with van der Waals surface area (Å²) in [6.07, 6.45) is 6.37. The van der Waals surface area contributed by atoms with Gasteiger partial charge < -0.3 is 24.8 Å². The highest BCUT2D eigenvalue weighted by Gasteiger charge is 2.30. The molecule has 1 N–H and O–H groups in total. The minimum atomic E-state index is 0.0315. The number of nitrogens with zero attached hydrogens (tertiary/aromatic N) is 3. The highest BCUT2D eigenvalue weighted by atomic mass is 16.5. The molecular formula is C21H38N4O3. The topological polar surface area (TPSA) is 65.1 Å². The summed E-state index contributed by atoms with van der Waals surface area (Å²) in [5.41, 5.74) is 0. The van der Waals surface area contributed by atoms with Crippen LogP contribution in [-0.4, -0.2) is 92.2 Å². The van der Waals surface area contributed by atoms with Crippen molar-refractivity contribution >= 4 is 11.9 Å². The monoisotopic (exact) mass is 394 g/mol. The Morgan fingerprint density at radius 2 is 1.57 bits per heavy atom. The number of hydrogen-bond donors (Lipinski definition) is 1. The molecule has 3 amide bonds. The minimum Gasteiger partial charge on any atom is -0.378 e. The van der Waals surface area contributed by atoms with Crippen LogP contribution in [0.2, 0.25) is 0 Å². The molecule has 7 heteroatoms. The van der Waals surface area contributed by atoms with Crippen molar-refractivity contribution in [3.05, 3.63) is 0 Å². The summed E-state index contributed by atoms with van der Waals surface area (Å²) in [5.74, 6) is 1.19. The molecule has 3 heterocycles. The van der Waals surface area contributed by atoms with E-state index in [9.17, 15) is 9.59 Å². The Hall–Kier alpha value is -1.34. The highest BCUT2D eigenvalue weighted by Crippen LogP contribution is 2.20. The third kappa shape index (κ3) is 6.34. The van der Waals surface area contributed by atoms with Crippen molar-refractivity contribution in [1.82, 2.24) is 20.0 Å². The van der Waals surface area contributed by atoms with E-state index in [0.29, 0.717) is 39.4 Å². The van der Waals surface area contributed by atoms with Crippen LogP contribution in [0.4, 0.5) is 4.79 Å². The van der Waals surface area contributed by atoms with Gasteiger partial charge in [-0.25, -0.2) is 4.79 Å². The second-order valence-corrected chi connectivity index (χ2v) is 8.66. The SMILES string of the molecule is CC1CCN(CCCCNC(=O)N2CCC(C(=O)N3CCOCC3)CC2)CC1. The molecule has 28 heavy (non-hydrogen) atoms. The van der Waals surface area contributed by atoms with E-state index in [2.05, 4.69) is 17.1 Å². The third-order valence-electron chi connectivity index (χ3n) is 6.51. The fourth-order valence-corrected chi connectivity index (χ4v) is 4.42. The van der Waals surface area contributed by atoms with E-state index in [0.717, 1.165) is 44.7 Å². The van der Waals surface area contributed by atoms with E-state index in [1.807, 2.05) is 9.80 Å². The summed E-state index contributed by atoms with van der Waals surface area (Å²) in [5, 5.41) is 3.06. The average Bonchev–Trinajstić information content (AvgIpc) is 2.75. The van der Waals surface area contributed by atoms with Gasteiger partial charge in [0, 0.05) is 38.6 Å². The number of likely N-dealkylation sites (tertiary alicyclic amines) is 2. The molecule has 0 saturated carbocycles. The van der Waals surface area contributed by atoms with Crippen LogP contribution in [-0.2, 0) is 9.53 Å². The number of piperidine rings is 2. The highest BCUT2D eigenvalue weighted by molar-refractivity contribution is 5.80. The maximum absolute atomic E-state index is 12.6. The second-order valence-electron chi connectivity index (χ2n) is 8.66. The van der Waals surface area contributed by atoms with E-state index < -0.39 is 0 Å². The van der Waals surface area contributed by atoms with E-state index in [1.165, 1.54) is 25.9 Å². The van der Waals surface area contributed by atoms with Crippen LogP contribution in [0.25, 0.3) is 0 Å². The largest absolute Gasteiger partial charge is 0.378 e. The van der Waals surface area contributed by atoms with Gasteiger partial charge in [-0.15, -0.1) is 0 Å². The first-order valence-corrected chi connectivity index (χ1v) is 11.2. The van der Waals surface area contributed by atoms with Gasteiger partial charge in [0.25, 0.3) is 0 Å². The van der Waals surface area contributed by atoms with Crippen LogP contribution in [0.5, 0.6) is 0 Å². The summed E-state index contributed by atoms with van der Waals surface area (Å²) >= 11 is 0. The molecule has 7 nitrogen and oxygen atoms in total. The Morgan fingerprint density at radius 1 is 0.893 bits per heavy atom.